The Hall–Kier alpha value is -1.78. The molecule has 1 heterocycles. The van der Waals surface area contributed by atoms with Crippen LogP contribution < -0.4 is 5.32 Å². The molecule has 1 aromatic carbocycles. The molecule has 0 unspecified atom stereocenters. The van der Waals surface area contributed by atoms with E-state index in [2.05, 4.69) is 5.32 Å². The van der Waals surface area contributed by atoms with Gasteiger partial charge in [0.25, 0.3) is 0 Å². The predicted octanol–water partition coefficient (Wildman–Crippen LogP) is 3.62. The molecule has 2 aromatic rings. The van der Waals surface area contributed by atoms with Crippen molar-refractivity contribution in [2.45, 2.75) is 20.4 Å². The van der Waals surface area contributed by atoms with E-state index < -0.39 is 0 Å². The molecule has 5 heteroatoms. The molecule has 0 bridgehead atoms. The number of halogens is 1. The summed E-state index contributed by atoms with van der Waals surface area (Å²) in [6.07, 6.45) is 0. The number of nitrogens with zero attached hydrogens (tertiary/aromatic N) is 1. The normalized spacial score (nSPS) is 10.9. The van der Waals surface area contributed by atoms with E-state index in [-0.39, 0.29) is 12.5 Å². The molecule has 0 radical (unpaired) electrons. The van der Waals surface area contributed by atoms with Crippen LogP contribution in [0.2, 0.25) is 5.02 Å². The molecule has 0 saturated carbocycles. The van der Waals surface area contributed by atoms with E-state index in [0.29, 0.717) is 17.3 Å². The van der Waals surface area contributed by atoms with Gasteiger partial charge in [-0.15, -0.1) is 0 Å². The summed E-state index contributed by atoms with van der Waals surface area (Å²) in [5, 5.41) is 3.48. The first-order chi connectivity index (χ1) is 9.94. The molecule has 1 aromatic heterocycles. The van der Waals surface area contributed by atoms with Crippen LogP contribution in [0, 0.1) is 13.8 Å². The lowest BCUT2D eigenvalue weighted by Crippen LogP contribution is -2.29. The minimum absolute atomic E-state index is 0.0827. The van der Waals surface area contributed by atoms with Gasteiger partial charge in [-0.05, 0) is 50.7 Å². The van der Waals surface area contributed by atoms with Crippen LogP contribution in [0.3, 0.4) is 0 Å². The number of amides is 1. The first-order valence-electron chi connectivity index (χ1n) is 6.74. The Bertz CT molecular complexity index is 637. The second-order valence-electron chi connectivity index (χ2n) is 5.20. The Morgan fingerprint density at radius 2 is 2.05 bits per heavy atom. The van der Waals surface area contributed by atoms with Gasteiger partial charge in [-0.3, -0.25) is 9.69 Å². The molecule has 0 aliphatic heterocycles. The number of nitrogens with one attached hydrogen (secondary N) is 1. The van der Waals surface area contributed by atoms with Crippen LogP contribution in [0.15, 0.2) is 34.7 Å². The lowest BCUT2D eigenvalue weighted by molar-refractivity contribution is -0.117. The molecule has 2 rings (SSSR count). The molecule has 0 aliphatic rings. The van der Waals surface area contributed by atoms with Crippen LogP contribution in [-0.2, 0) is 11.3 Å². The highest BCUT2D eigenvalue weighted by atomic mass is 35.5. The summed E-state index contributed by atoms with van der Waals surface area (Å²) in [6.45, 7) is 4.70. The summed E-state index contributed by atoms with van der Waals surface area (Å²) < 4.78 is 5.49. The summed E-state index contributed by atoms with van der Waals surface area (Å²) in [6, 6.07) is 9.31. The fourth-order valence-corrected chi connectivity index (χ4v) is 2.19. The highest BCUT2D eigenvalue weighted by Gasteiger charge is 2.10. The fraction of sp³-hybridized carbons (Fsp3) is 0.312. The molecule has 0 atom stereocenters. The third-order valence-corrected chi connectivity index (χ3v) is 3.50. The van der Waals surface area contributed by atoms with Crippen molar-refractivity contribution in [2.24, 2.45) is 0 Å². The number of benzene rings is 1. The van der Waals surface area contributed by atoms with E-state index in [1.807, 2.05) is 50.1 Å². The molecular formula is C16H19ClN2O2. The quantitative estimate of drug-likeness (QED) is 0.917. The zero-order chi connectivity index (χ0) is 15.4. The largest absolute Gasteiger partial charge is 0.465 e. The maximum atomic E-state index is 12.0. The number of furan rings is 1. The van der Waals surface area contributed by atoms with E-state index >= 15 is 0 Å². The molecule has 21 heavy (non-hydrogen) atoms. The molecule has 0 aliphatic carbocycles. The van der Waals surface area contributed by atoms with E-state index in [9.17, 15) is 4.79 Å². The van der Waals surface area contributed by atoms with Crippen LogP contribution in [0.4, 0.5) is 5.69 Å². The summed E-state index contributed by atoms with van der Waals surface area (Å²) in [4.78, 5) is 13.9. The Morgan fingerprint density at radius 3 is 2.67 bits per heavy atom. The van der Waals surface area contributed by atoms with Crippen LogP contribution >= 0.6 is 11.6 Å². The van der Waals surface area contributed by atoms with E-state index in [1.165, 1.54) is 0 Å². The topological polar surface area (TPSA) is 45.5 Å². The molecule has 0 saturated heterocycles. The summed E-state index contributed by atoms with van der Waals surface area (Å²) in [5.74, 6) is 1.64. The molecule has 0 fully saturated rings. The van der Waals surface area contributed by atoms with E-state index in [0.717, 1.165) is 17.1 Å². The number of aryl methyl sites for hydroxylation is 2. The van der Waals surface area contributed by atoms with E-state index in [4.69, 9.17) is 16.0 Å². The number of anilines is 1. The maximum absolute atomic E-state index is 12.0. The number of carbonyl (C=O) groups excluding carboxylic acids is 1. The van der Waals surface area contributed by atoms with Crippen molar-refractivity contribution in [3.63, 3.8) is 0 Å². The minimum Gasteiger partial charge on any atom is -0.465 e. The van der Waals surface area contributed by atoms with Gasteiger partial charge in [-0.2, -0.15) is 0 Å². The zero-order valence-corrected chi connectivity index (χ0v) is 13.2. The number of hydrogen-bond acceptors (Lipinski definition) is 3. The van der Waals surface area contributed by atoms with Gasteiger partial charge >= 0.3 is 0 Å². The van der Waals surface area contributed by atoms with Gasteiger partial charge < -0.3 is 9.73 Å². The number of likely N-dealkylation sites (N-methyl/N-ethyl adjacent to an activating group) is 1. The summed E-state index contributed by atoms with van der Waals surface area (Å²) >= 11 is 6.04. The van der Waals surface area contributed by atoms with Crippen molar-refractivity contribution in [1.82, 2.24) is 4.90 Å². The molecule has 112 valence electrons. The smallest absolute Gasteiger partial charge is 0.238 e. The second-order valence-corrected chi connectivity index (χ2v) is 5.60. The standard InChI is InChI=1S/C16H19ClN2O2/c1-11-4-6-13(8-15(11)17)18-16(20)10-19(3)9-14-7-5-12(2)21-14/h4-8H,9-10H2,1-3H3,(H,18,20). The zero-order valence-electron chi connectivity index (χ0n) is 12.4. The van der Waals surface area contributed by atoms with Crippen molar-refractivity contribution >= 4 is 23.2 Å². The summed E-state index contributed by atoms with van der Waals surface area (Å²) in [7, 11) is 1.87. The lowest BCUT2D eigenvalue weighted by atomic mass is 10.2. The monoisotopic (exact) mass is 306 g/mol. The van der Waals surface area contributed by atoms with Gasteiger partial charge in [0, 0.05) is 10.7 Å². The van der Waals surface area contributed by atoms with Gasteiger partial charge in [0.15, 0.2) is 0 Å². The molecule has 0 spiro atoms. The number of carbonyl (C=O) groups is 1. The molecular weight excluding hydrogens is 288 g/mol. The first kappa shape index (κ1) is 15.6. The Labute approximate surface area is 129 Å². The van der Waals surface area contributed by atoms with Gasteiger partial charge in [-0.25, -0.2) is 0 Å². The van der Waals surface area contributed by atoms with Crippen molar-refractivity contribution in [2.75, 3.05) is 18.9 Å². The van der Waals surface area contributed by atoms with Gasteiger partial charge in [0.2, 0.25) is 5.91 Å². The first-order valence-corrected chi connectivity index (χ1v) is 7.11. The SMILES string of the molecule is Cc1ccc(CN(C)CC(=O)Nc2ccc(C)c(Cl)c2)o1. The van der Waals surface area contributed by atoms with Crippen molar-refractivity contribution in [3.8, 4) is 0 Å². The van der Waals surface area contributed by atoms with Gasteiger partial charge in [-0.1, -0.05) is 17.7 Å². The van der Waals surface area contributed by atoms with Crippen molar-refractivity contribution < 1.29 is 9.21 Å². The second kappa shape index (κ2) is 6.78. The van der Waals surface area contributed by atoms with Gasteiger partial charge in [0.05, 0.1) is 13.1 Å². The van der Waals surface area contributed by atoms with Crippen molar-refractivity contribution in [3.05, 3.63) is 52.4 Å². The number of rotatable bonds is 5. The Kier molecular flexibility index (Phi) is 5.04. The third-order valence-electron chi connectivity index (χ3n) is 3.09. The van der Waals surface area contributed by atoms with Crippen LogP contribution in [-0.4, -0.2) is 24.4 Å². The molecule has 4 nitrogen and oxygen atoms in total. The van der Waals surface area contributed by atoms with E-state index in [1.54, 1.807) is 6.07 Å². The van der Waals surface area contributed by atoms with Crippen LogP contribution in [0.1, 0.15) is 17.1 Å². The molecule has 1 N–H and O–H groups in total. The molecule has 1 amide bonds. The van der Waals surface area contributed by atoms with Crippen molar-refractivity contribution in [1.29, 1.82) is 0 Å². The average Bonchev–Trinajstić information content (AvgIpc) is 2.79. The van der Waals surface area contributed by atoms with Crippen LogP contribution in [0.25, 0.3) is 0 Å². The lowest BCUT2D eigenvalue weighted by Gasteiger charge is -2.15. The third kappa shape index (κ3) is 4.62. The van der Waals surface area contributed by atoms with Gasteiger partial charge in [0.1, 0.15) is 11.5 Å². The Balaban J connectivity index is 1.87. The highest BCUT2D eigenvalue weighted by Crippen LogP contribution is 2.19. The number of hydrogen-bond donors (Lipinski definition) is 1. The summed E-state index contributed by atoms with van der Waals surface area (Å²) in [5.41, 5.74) is 1.69. The van der Waals surface area contributed by atoms with Crippen LogP contribution in [0.5, 0.6) is 0 Å². The Morgan fingerprint density at radius 1 is 1.29 bits per heavy atom. The highest BCUT2D eigenvalue weighted by molar-refractivity contribution is 6.31. The fourth-order valence-electron chi connectivity index (χ4n) is 2.01. The minimum atomic E-state index is -0.0827. The average molecular weight is 307 g/mol. The maximum Gasteiger partial charge on any atom is 0.238 e. The predicted molar refractivity (Wildman–Crippen MR) is 84.6 cm³/mol.